The summed E-state index contributed by atoms with van der Waals surface area (Å²) in [7, 11) is 0. The molecular weight excluding hydrogens is 227 g/mol. The second-order valence-electron chi connectivity index (χ2n) is 5.73. The fraction of sp³-hybridized carbons (Fsp3) is 1.00. The third-order valence-electron chi connectivity index (χ3n) is 3.87. The molecule has 0 radical (unpaired) electrons. The Morgan fingerprint density at radius 3 is 2.24 bits per heavy atom. The van der Waals surface area contributed by atoms with Gasteiger partial charge in [0, 0.05) is 6.04 Å². The van der Waals surface area contributed by atoms with Crippen LogP contribution in [-0.2, 0) is 0 Å². The number of hydrogen-bond acceptors (Lipinski definition) is 1. The average Bonchev–Trinajstić information content (AvgIpc) is 2.24. The predicted octanol–water partition coefficient (Wildman–Crippen LogP) is 4.12. The molecule has 0 bridgehead atoms. The van der Waals surface area contributed by atoms with Crippen molar-refractivity contribution in [3.63, 3.8) is 0 Å². The maximum absolute atomic E-state index is 12.9. The summed E-state index contributed by atoms with van der Waals surface area (Å²) in [5.41, 5.74) is 5.98. The summed E-state index contributed by atoms with van der Waals surface area (Å²) < 4.78 is 38.7. The summed E-state index contributed by atoms with van der Waals surface area (Å²) in [6.45, 7) is 4.16. The van der Waals surface area contributed by atoms with Gasteiger partial charge in [0.05, 0.1) is 5.92 Å². The van der Waals surface area contributed by atoms with E-state index in [-0.39, 0.29) is 18.4 Å². The van der Waals surface area contributed by atoms with Gasteiger partial charge in [-0.05, 0) is 37.5 Å². The van der Waals surface area contributed by atoms with Crippen LogP contribution in [0.25, 0.3) is 0 Å². The fourth-order valence-corrected chi connectivity index (χ4v) is 2.82. The largest absolute Gasteiger partial charge is 0.392 e. The number of halogens is 3. The molecule has 0 spiro atoms. The molecule has 0 amide bonds. The Morgan fingerprint density at radius 1 is 1.12 bits per heavy atom. The normalized spacial score (nSPS) is 28.4. The minimum atomic E-state index is -4.07. The molecule has 1 saturated carbocycles. The van der Waals surface area contributed by atoms with E-state index >= 15 is 0 Å². The molecule has 1 nitrogen and oxygen atoms in total. The number of nitrogens with two attached hydrogens (primary N) is 1. The molecule has 0 aromatic carbocycles. The van der Waals surface area contributed by atoms with Crippen molar-refractivity contribution in [2.24, 2.45) is 23.5 Å². The summed E-state index contributed by atoms with van der Waals surface area (Å²) in [5, 5.41) is 0. The lowest BCUT2D eigenvalue weighted by Gasteiger charge is -2.36. The molecule has 3 atom stereocenters. The highest BCUT2D eigenvalue weighted by Gasteiger charge is 2.46. The Balaban J connectivity index is 2.58. The summed E-state index contributed by atoms with van der Waals surface area (Å²) in [6.07, 6.45) is 0.0644. The van der Waals surface area contributed by atoms with E-state index in [2.05, 4.69) is 13.8 Å². The minimum absolute atomic E-state index is 0.267. The van der Waals surface area contributed by atoms with Crippen molar-refractivity contribution in [2.75, 3.05) is 0 Å². The highest BCUT2D eigenvalue weighted by atomic mass is 19.4. The summed E-state index contributed by atoms with van der Waals surface area (Å²) in [5.74, 6) is -1.02. The van der Waals surface area contributed by atoms with Crippen LogP contribution in [-0.4, -0.2) is 12.2 Å². The smallest absolute Gasteiger partial charge is 0.327 e. The van der Waals surface area contributed by atoms with Crippen LogP contribution < -0.4 is 5.73 Å². The Kier molecular flexibility index (Phi) is 5.29. The van der Waals surface area contributed by atoms with Crippen LogP contribution in [0, 0.1) is 17.8 Å². The number of alkyl halides is 3. The Morgan fingerprint density at radius 2 is 1.71 bits per heavy atom. The molecule has 1 rings (SSSR count). The van der Waals surface area contributed by atoms with E-state index in [0.29, 0.717) is 18.8 Å². The lowest BCUT2D eigenvalue weighted by atomic mass is 9.73. The van der Waals surface area contributed by atoms with Crippen molar-refractivity contribution in [2.45, 2.75) is 64.6 Å². The third-order valence-corrected chi connectivity index (χ3v) is 3.87. The van der Waals surface area contributed by atoms with E-state index in [1.165, 1.54) is 0 Å². The van der Waals surface area contributed by atoms with Crippen LogP contribution >= 0.6 is 0 Å². The Hall–Kier alpha value is -0.250. The molecule has 0 aromatic rings. The van der Waals surface area contributed by atoms with Crippen LogP contribution in [0.1, 0.15) is 52.4 Å². The van der Waals surface area contributed by atoms with Crippen molar-refractivity contribution < 1.29 is 13.2 Å². The first-order valence-electron chi connectivity index (χ1n) is 6.64. The molecule has 4 heteroatoms. The SMILES string of the molecule is CC(C)CCC(N)C1CCCCC1C(F)(F)F. The van der Waals surface area contributed by atoms with Crippen LogP contribution in [0.2, 0.25) is 0 Å². The maximum atomic E-state index is 12.9. The zero-order chi connectivity index (χ0) is 13.1. The Labute approximate surface area is 102 Å². The van der Waals surface area contributed by atoms with Gasteiger partial charge < -0.3 is 5.73 Å². The van der Waals surface area contributed by atoms with Gasteiger partial charge in [-0.15, -0.1) is 0 Å². The first-order valence-corrected chi connectivity index (χ1v) is 6.64. The second kappa shape index (κ2) is 6.07. The van der Waals surface area contributed by atoms with Crippen LogP contribution in [0.4, 0.5) is 13.2 Å². The second-order valence-corrected chi connectivity index (χ2v) is 5.73. The molecule has 0 heterocycles. The van der Waals surface area contributed by atoms with Gasteiger partial charge in [0.15, 0.2) is 0 Å². The van der Waals surface area contributed by atoms with Gasteiger partial charge in [-0.25, -0.2) is 0 Å². The molecule has 3 unspecified atom stereocenters. The van der Waals surface area contributed by atoms with Crippen molar-refractivity contribution in [1.82, 2.24) is 0 Å². The molecule has 17 heavy (non-hydrogen) atoms. The van der Waals surface area contributed by atoms with E-state index in [9.17, 15) is 13.2 Å². The highest BCUT2D eigenvalue weighted by Crippen LogP contribution is 2.43. The van der Waals surface area contributed by atoms with E-state index in [1.807, 2.05) is 0 Å². The van der Waals surface area contributed by atoms with Crippen LogP contribution in [0.5, 0.6) is 0 Å². The van der Waals surface area contributed by atoms with Crippen LogP contribution in [0.3, 0.4) is 0 Å². The molecule has 1 fully saturated rings. The van der Waals surface area contributed by atoms with Gasteiger partial charge in [0.25, 0.3) is 0 Å². The van der Waals surface area contributed by atoms with Crippen LogP contribution in [0.15, 0.2) is 0 Å². The molecule has 1 aliphatic carbocycles. The number of hydrogen-bond donors (Lipinski definition) is 1. The molecule has 0 saturated heterocycles. The zero-order valence-electron chi connectivity index (χ0n) is 10.8. The third kappa shape index (κ3) is 4.49. The van der Waals surface area contributed by atoms with Gasteiger partial charge in [-0.2, -0.15) is 13.2 Å². The first-order chi connectivity index (χ1) is 7.82. The predicted molar refractivity (Wildman–Crippen MR) is 63.6 cm³/mol. The Bertz CT molecular complexity index is 225. The molecular formula is C13H24F3N. The molecule has 1 aliphatic rings. The maximum Gasteiger partial charge on any atom is 0.392 e. The molecule has 2 N–H and O–H groups in total. The monoisotopic (exact) mass is 251 g/mol. The van der Waals surface area contributed by atoms with Crippen molar-refractivity contribution in [3.05, 3.63) is 0 Å². The summed E-state index contributed by atoms with van der Waals surface area (Å²) in [6, 6.07) is -0.288. The molecule has 102 valence electrons. The lowest BCUT2D eigenvalue weighted by Crippen LogP contribution is -2.43. The average molecular weight is 251 g/mol. The zero-order valence-corrected chi connectivity index (χ0v) is 10.8. The first kappa shape index (κ1) is 14.8. The van der Waals surface area contributed by atoms with Gasteiger partial charge in [-0.1, -0.05) is 26.7 Å². The fourth-order valence-electron chi connectivity index (χ4n) is 2.82. The molecule has 0 aliphatic heterocycles. The minimum Gasteiger partial charge on any atom is -0.327 e. The highest BCUT2D eigenvalue weighted by molar-refractivity contribution is 4.86. The summed E-state index contributed by atoms with van der Waals surface area (Å²) in [4.78, 5) is 0. The summed E-state index contributed by atoms with van der Waals surface area (Å²) >= 11 is 0. The topological polar surface area (TPSA) is 26.0 Å². The van der Waals surface area contributed by atoms with E-state index < -0.39 is 12.1 Å². The lowest BCUT2D eigenvalue weighted by molar-refractivity contribution is -0.198. The van der Waals surface area contributed by atoms with Crippen molar-refractivity contribution >= 4 is 0 Å². The van der Waals surface area contributed by atoms with E-state index in [4.69, 9.17) is 5.73 Å². The van der Waals surface area contributed by atoms with Crippen molar-refractivity contribution in [1.29, 1.82) is 0 Å². The molecule has 0 aromatic heterocycles. The number of rotatable bonds is 4. The van der Waals surface area contributed by atoms with E-state index in [1.54, 1.807) is 0 Å². The van der Waals surface area contributed by atoms with Crippen molar-refractivity contribution in [3.8, 4) is 0 Å². The van der Waals surface area contributed by atoms with Gasteiger partial charge >= 0.3 is 6.18 Å². The van der Waals surface area contributed by atoms with Gasteiger partial charge in [-0.3, -0.25) is 0 Å². The van der Waals surface area contributed by atoms with Gasteiger partial charge in [0.1, 0.15) is 0 Å². The standard InChI is InChI=1S/C13H24F3N/c1-9(2)7-8-12(17)10-5-3-4-6-11(10)13(14,15)16/h9-12H,3-8,17H2,1-2H3. The van der Waals surface area contributed by atoms with Gasteiger partial charge in [0.2, 0.25) is 0 Å². The quantitative estimate of drug-likeness (QED) is 0.799. The van der Waals surface area contributed by atoms with E-state index in [0.717, 1.165) is 19.3 Å².